The summed E-state index contributed by atoms with van der Waals surface area (Å²) in [5, 5.41) is 14.3. The summed E-state index contributed by atoms with van der Waals surface area (Å²) >= 11 is 1.75. The fourth-order valence-electron chi connectivity index (χ4n) is 1.62. The zero-order chi connectivity index (χ0) is 12.1. The van der Waals surface area contributed by atoms with Crippen molar-refractivity contribution in [3.8, 4) is 0 Å². The Hall–Kier alpha value is -0.340. The molecule has 0 radical (unpaired) electrons. The van der Waals surface area contributed by atoms with E-state index in [2.05, 4.69) is 27.8 Å². The topological polar surface area (TPSA) is 70.6 Å². The Morgan fingerprint density at radius 1 is 1.56 bits per heavy atom. The number of nitrogens with zero attached hydrogens (tertiary/aromatic N) is 1. The van der Waals surface area contributed by atoms with Crippen LogP contribution in [-0.2, 0) is 6.42 Å². The van der Waals surface area contributed by atoms with Crippen LogP contribution in [0.4, 0.5) is 0 Å². The average molecular weight is 381 g/mol. The second kappa shape index (κ2) is 7.30. The molecule has 1 aromatic heterocycles. The number of halogens is 1. The van der Waals surface area contributed by atoms with Crippen LogP contribution in [0, 0.1) is 5.41 Å². The molecule has 1 aliphatic rings. The third kappa shape index (κ3) is 4.74. The van der Waals surface area contributed by atoms with Crippen molar-refractivity contribution in [1.82, 2.24) is 5.32 Å². The molecule has 1 fully saturated rings. The van der Waals surface area contributed by atoms with Gasteiger partial charge in [-0.25, -0.2) is 0 Å². The highest BCUT2D eigenvalue weighted by Crippen LogP contribution is 2.45. The first-order valence-corrected chi connectivity index (χ1v) is 6.79. The monoisotopic (exact) mass is 381 g/mol. The molecule has 4 N–H and O–H groups in total. The maximum absolute atomic E-state index is 9.14. The highest BCUT2D eigenvalue weighted by atomic mass is 127. The van der Waals surface area contributed by atoms with E-state index in [0.717, 1.165) is 25.8 Å². The van der Waals surface area contributed by atoms with E-state index in [1.807, 2.05) is 0 Å². The lowest BCUT2D eigenvalue weighted by atomic mass is 10.1. The van der Waals surface area contributed by atoms with E-state index >= 15 is 0 Å². The van der Waals surface area contributed by atoms with Crippen LogP contribution in [0.15, 0.2) is 22.5 Å². The molecule has 6 heteroatoms. The van der Waals surface area contributed by atoms with Gasteiger partial charge in [0.1, 0.15) is 0 Å². The lowest BCUT2D eigenvalue weighted by Crippen LogP contribution is -2.34. The van der Waals surface area contributed by atoms with Crippen LogP contribution in [0.1, 0.15) is 17.7 Å². The number of guanidine groups is 1. The van der Waals surface area contributed by atoms with Crippen molar-refractivity contribution in [3.63, 3.8) is 0 Å². The molecular weight excluding hydrogens is 361 g/mol. The Morgan fingerprint density at radius 2 is 2.33 bits per heavy atom. The van der Waals surface area contributed by atoms with Crippen LogP contribution in [0.25, 0.3) is 0 Å². The SMILES string of the molecule is I.NC(=NCC1(CO)CC1)NCCc1cccs1. The third-order valence-electron chi connectivity index (χ3n) is 3.13. The van der Waals surface area contributed by atoms with E-state index in [9.17, 15) is 0 Å². The lowest BCUT2D eigenvalue weighted by molar-refractivity contribution is 0.217. The minimum atomic E-state index is 0. The van der Waals surface area contributed by atoms with Gasteiger partial charge < -0.3 is 16.2 Å². The molecule has 18 heavy (non-hydrogen) atoms. The molecule has 2 rings (SSSR count). The van der Waals surface area contributed by atoms with Crippen molar-refractivity contribution in [1.29, 1.82) is 0 Å². The van der Waals surface area contributed by atoms with Gasteiger partial charge in [-0.3, -0.25) is 4.99 Å². The maximum Gasteiger partial charge on any atom is 0.188 e. The van der Waals surface area contributed by atoms with Crippen molar-refractivity contribution in [2.24, 2.45) is 16.1 Å². The van der Waals surface area contributed by atoms with Gasteiger partial charge in [0.25, 0.3) is 0 Å². The summed E-state index contributed by atoms with van der Waals surface area (Å²) in [4.78, 5) is 5.62. The molecule has 1 aliphatic carbocycles. The summed E-state index contributed by atoms with van der Waals surface area (Å²) in [5.41, 5.74) is 5.81. The van der Waals surface area contributed by atoms with Gasteiger partial charge in [0.15, 0.2) is 5.96 Å². The molecule has 0 atom stereocenters. The predicted molar refractivity (Wildman–Crippen MR) is 86.7 cm³/mol. The van der Waals surface area contributed by atoms with Gasteiger partial charge in [-0.1, -0.05) is 6.07 Å². The summed E-state index contributed by atoms with van der Waals surface area (Å²) < 4.78 is 0. The summed E-state index contributed by atoms with van der Waals surface area (Å²) in [5.74, 6) is 0.487. The zero-order valence-electron chi connectivity index (χ0n) is 10.3. The number of aliphatic hydroxyl groups excluding tert-OH is 1. The first-order valence-electron chi connectivity index (χ1n) is 5.91. The van der Waals surface area contributed by atoms with Crippen LogP contribution in [0.2, 0.25) is 0 Å². The van der Waals surface area contributed by atoms with Crippen molar-refractivity contribution in [2.45, 2.75) is 19.3 Å². The second-order valence-electron chi connectivity index (χ2n) is 4.62. The van der Waals surface area contributed by atoms with Gasteiger partial charge >= 0.3 is 0 Å². The highest BCUT2D eigenvalue weighted by Gasteiger charge is 2.41. The molecule has 0 spiro atoms. The molecule has 1 saturated carbocycles. The summed E-state index contributed by atoms with van der Waals surface area (Å²) in [6.45, 7) is 1.67. The van der Waals surface area contributed by atoms with Gasteiger partial charge in [-0.2, -0.15) is 0 Å². The molecule has 0 saturated heterocycles. The highest BCUT2D eigenvalue weighted by molar-refractivity contribution is 14.0. The minimum Gasteiger partial charge on any atom is -0.396 e. The van der Waals surface area contributed by atoms with E-state index < -0.39 is 0 Å². The Morgan fingerprint density at radius 3 is 2.89 bits per heavy atom. The number of rotatable bonds is 6. The Balaban J connectivity index is 0.00000162. The summed E-state index contributed by atoms with van der Waals surface area (Å²) in [6, 6.07) is 4.17. The fraction of sp³-hybridized carbons (Fsp3) is 0.583. The minimum absolute atomic E-state index is 0. The Bertz CT molecular complexity index is 377. The molecule has 102 valence electrons. The molecular formula is C12H20IN3OS. The quantitative estimate of drug-likeness (QED) is 0.398. The Kier molecular flexibility index (Phi) is 6.37. The zero-order valence-corrected chi connectivity index (χ0v) is 13.4. The van der Waals surface area contributed by atoms with Gasteiger partial charge in [-0.15, -0.1) is 35.3 Å². The average Bonchev–Trinajstić information content (AvgIpc) is 2.95. The first-order chi connectivity index (χ1) is 8.24. The lowest BCUT2D eigenvalue weighted by Gasteiger charge is -2.09. The normalized spacial score (nSPS) is 17.1. The first kappa shape index (κ1) is 15.7. The van der Waals surface area contributed by atoms with Crippen LogP contribution in [0.5, 0.6) is 0 Å². The number of nitrogens with one attached hydrogen (secondary N) is 1. The van der Waals surface area contributed by atoms with E-state index in [1.54, 1.807) is 11.3 Å². The molecule has 1 aromatic rings. The van der Waals surface area contributed by atoms with Crippen LogP contribution < -0.4 is 11.1 Å². The smallest absolute Gasteiger partial charge is 0.188 e. The molecule has 0 bridgehead atoms. The van der Waals surface area contributed by atoms with Crippen molar-refractivity contribution >= 4 is 41.3 Å². The molecule has 0 unspecified atom stereocenters. The molecule has 0 aliphatic heterocycles. The number of aliphatic imine (C=N–C) groups is 1. The second-order valence-corrected chi connectivity index (χ2v) is 5.65. The number of aliphatic hydroxyl groups is 1. The molecule has 1 heterocycles. The maximum atomic E-state index is 9.14. The van der Waals surface area contributed by atoms with Crippen LogP contribution in [-0.4, -0.2) is 30.8 Å². The third-order valence-corrected chi connectivity index (χ3v) is 4.07. The van der Waals surface area contributed by atoms with E-state index in [0.29, 0.717) is 12.5 Å². The van der Waals surface area contributed by atoms with Crippen molar-refractivity contribution in [3.05, 3.63) is 22.4 Å². The summed E-state index contributed by atoms with van der Waals surface area (Å²) in [7, 11) is 0. The van der Waals surface area contributed by atoms with Crippen LogP contribution >= 0.6 is 35.3 Å². The van der Waals surface area contributed by atoms with Gasteiger partial charge in [0.05, 0.1) is 13.2 Å². The Labute approximate surface area is 129 Å². The van der Waals surface area contributed by atoms with E-state index in [4.69, 9.17) is 10.8 Å². The number of nitrogens with two attached hydrogens (primary N) is 1. The summed E-state index contributed by atoms with van der Waals surface area (Å²) in [6.07, 6.45) is 3.10. The number of thiophene rings is 1. The van der Waals surface area contributed by atoms with Gasteiger partial charge in [0, 0.05) is 16.8 Å². The number of hydrogen-bond acceptors (Lipinski definition) is 3. The fourth-order valence-corrected chi connectivity index (χ4v) is 2.33. The van der Waals surface area contributed by atoms with E-state index in [-0.39, 0.29) is 36.0 Å². The van der Waals surface area contributed by atoms with Crippen molar-refractivity contribution < 1.29 is 5.11 Å². The van der Waals surface area contributed by atoms with Gasteiger partial charge in [0.2, 0.25) is 0 Å². The number of hydrogen-bond donors (Lipinski definition) is 3. The standard InChI is InChI=1S/C12H19N3OS.HI/c13-11(15-8-12(9-16)4-5-12)14-6-3-10-2-1-7-17-10;/h1-2,7,16H,3-6,8-9H2,(H3,13,14,15);1H. The van der Waals surface area contributed by atoms with Gasteiger partial charge in [-0.05, 0) is 30.7 Å². The molecule has 4 nitrogen and oxygen atoms in total. The molecule has 0 amide bonds. The van der Waals surface area contributed by atoms with Crippen molar-refractivity contribution in [2.75, 3.05) is 19.7 Å². The van der Waals surface area contributed by atoms with Crippen LogP contribution in [0.3, 0.4) is 0 Å². The van der Waals surface area contributed by atoms with E-state index in [1.165, 1.54) is 4.88 Å². The molecule has 0 aromatic carbocycles. The predicted octanol–water partition coefficient (Wildman–Crippen LogP) is 1.59. The largest absolute Gasteiger partial charge is 0.396 e.